The zero-order valence-corrected chi connectivity index (χ0v) is 15.4. The minimum absolute atomic E-state index is 0.307. The van der Waals surface area contributed by atoms with E-state index in [1.54, 1.807) is 12.1 Å². The predicted octanol–water partition coefficient (Wildman–Crippen LogP) is 3.94. The number of hydrogen-bond donors (Lipinski definition) is 1. The number of carbonyl (C=O) groups is 2. The maximum atomic E-state index is 11.9. The number of carbonyl (C=O) groups excluding carboxylic acids is 2. The van der Waals surface area contributed by atoms with Crippen molar-refractivity contribution in [3.8, 4) is 0 Å². The van der Waals surface area contributed by atoms with Crippen LogP contribution in [0.25, 0.3) is 6.08 Å². The lowest BCUT2D eigenvalue weighted by molar-refractivity contribution is -0.142. The van der Waals surface area contributed by atoms with Crippen molar-refractivity contribution in [3.63, 3.8) is 0 Å². The summed E-state index contributed by atoms with van der Waals surface area (Å²) in [5.41, 5.74) is 5.11. The van der Waals surface area contributed by atoms with Gasteiger partial charge in [-0.05, 0) is 69.0 Å². The lowest BCUT2D eigenvalue weighted by atomic mass is 10.2. The molecule has 0 saturated heterocycles. The van der Waals surface area contributed by atoms with E-state index < -0.39 is 5.97 Å². The Morgan fingerprint density at radius 1 is 1.23 bits per heavy atom. The summed E-state index contributed by atoms with van der Waals surface area (Å²) in [6.45, 7) is 5.78. The molecule has 1 aliphatic rings. The monoisotopic (exact) mass is 352 g/mol. The minimum Gasteiger partial charge on any atom is -0.452 e. The summed E-state index contributed by atoms with van der Waals surface area (Å²) >= 11 is 0. The maximum Gasteiger partial charge on any atom is 0.331 e. The molecular formula is C21H24N2O3. The topological polar surface area (TPSA) is 60.3 Å². The van der Waals surface area contributed by atoms with Gasteiger partial charge in [0.15, 0.2) is 6.61 Å². The number of aryl methyl sites for hydroxylation is 2. The molecule has 1 saturated carbocycles. The molecule has 1 heterocycles. The zero-order valence-electron chi connectivity index (χ0n) is 15.4. The first-order valence-corrected chi connectivity index (χ1v) is 8.84. The molecule has 1 fully saturated rings. The number of benzene rings is 1. The fourth-order valence-corrected chi connectivity index (χ4v) is 3.13. The van der Waals surface area contributed by atoms with E-state index in [4.69, 9.17) is 4.74 Å². The quantitative estimate of drug-likeness (QED) is 0.633. The Bertz CT molecular complexity index is 860. The van der Waals surface area contributed by atoms with Gasteiger partial charge in [0.05, 0.1) is 0 Å². The molecule has 2 aromatic rings. The normalized spacial score (nSPS) is 13.8. The summed E-state index contributed by atoms with van der Waals surface area (Å²) in [5, 5.41) is 2.71. The third kappa shape index (κ3) is 4.42. The number of esters is 1. The van der Waals surface area contributed by atoms with Crippen LogP contribution >= 0.6 is 0 Å². The highest BCUT2D eigenvalue weighted by atomic mass is 16.5. The molecule has 0 bridgehead atoms. The Hall–Kier alpha value is -2.82. The van der Waals surface area contributed by atoms with Crippen molar-refractivity contribution in [2.75, 3.05) is 11.9 Å². The first-order chi connectivity index (χ1) is 12.4. The first-order valence-electron chi connectivity index (χ1n) is 8.84. The molecule has 1 N–H and O–H groups in total. The Balaban J connectivity index is 1.52. The highest BCUT2D eigenvalue weighted by Gasteiger charge is 2.26. The summed E-state index contributed by atoms with van der Waals surface area (Å²) in [4.78, 5) is 23.8. The fourth-order valence-electron chi connectivity index (χ4n) is 3.13. The number of aromatic nitrogens is 1. The van der Waals surface area contributed by atoms with Crippen molar-refractivity contribution in [3.05, 3.63) is 58.9 Å². The average molecular weight is 352 g/mol. The van der Waals surface area contributed by atoms with Crippen molar-refractivity contribution in [2.24, 2.45) is 0 Å². The molecule has 1 aromatic heterocycles. The van der Waals surface area contributed by atoms with Gasteiger partial charge in [0, 0.05) is 29.2 Å². The Labute approximate surface area is 153 Å². The van der Waals surface area contributed by atoms with Gasteiger partial charge in [-0.2, -0.15) is 0 Å². The molecule has 5 heteroatoms. The number of ether oxygens (including phenoxy) is 1. The largest absolute Gasteiger partial charge is 0.452 e. The van der Waals surface area contributed by atoms with E-state index in [9.17, 15) is 9.59 Å². The number of nitrogens with zero attached hydrogens (tertiary/aromatic N) is 1. The summed E-state index contributed by atoms with van der Waals surface area (Å²) < 4.78 is 7.34. The van der Waals surface area contributed by atoms with Crippen LogP contribution in [0.1, 0.15) is 41.4 Å². The van der Waals surface area contributed by atoms with Crippen molar-refractivity contribution in [1.82, 2.24) is 4.57 Å². The lowest BCUT2D eigenvalue weighted by Crippen LogP contribution is -2.20. The fraction of sp³-hybridized carbons (Fsp3) is 0.333. The van der Waals surface area contributed by atoms with Gasteiger partial charge >= 0.3 is 5.97 Å². The molecule has 0 atom stereocenters. The van der Waals surface area contributed by atoms with Crippen molar-refractivity contribution < 1.29 is 14.3 Å². The number of anilines is 1. The molecule has 1 aliphatic carbocycles. The van der Waals surface area contributed by atoms with Gasteiger partial charge in [-0.1, -0.05) is 12.1 Å². The third-order valence-corrected chi connectivity index (χ3v) is 4.48. The van der Waals surface area contributed by atoms with Gasteiger partial charge < -0.3 is 14.6 Å². The average Bonchev–Trinajstić information content (AvgIpc) is 3.37. The second-order valence-corrected chi connectivity index (χ2v) is 6.79. The van der Waals surface area contributed by atoms with E-state index in [2.05, 4.69) is 29.8 Å². The van der Waals surface area contributed by atoms with Gasteiger partial charge in [-0.25, -0.2) is 4.79 Å². The van der Waals surface area contributed by atoms with E-state index in [1.807, 2.05) is 25.1 Å². The van der Waals surface area contributed by atoms with Gasteiger partial charge in [0.1, 0.15) is 0 Å². The van der Waals surface area contributed by atoms with Crippen LogP contribution in [-0.2, 0) is 14.3 Å². The van der Waals surface area contributed by atoms with Crippen LogP contribution in [-0.4, -0.2) is 23.1 Å². The first kappa shape index (κ1) is 18.0. The van der Waals surface area contributed by atoms with Crippen molar-refractivity contribution >= 4 is 23.6 Å². The molecule has 26 heavy (non-hydrogen) atoms. The standard InChI is InChI=1S/C21H24N2O3/c1-14-5-4-6-18(11-14)22-20(24)13-26-21(25)10-7-17-12-15(2)23(16(17)3)19-8-9-19/h4-7,10-12,19H,8-9,13H2,1-3H3,(H,22,24)/b10-7+. The summed E-state index contributed by atoms with van der Waals surface area (Å²) in [6, 6.07) is 10.1. The van der Waals surface area contributed by atoms with Crippen LogP contribution in [0.3, 0.4) is 0 Å². The smallest absolute Gasteiger partial charge is 0.331 e. The van der Waals surface area contributed by atoms with Gasteiger partial charge in [0.2, 0.25) is 0 Å². The highest BCUT2D eigenvalue weighted by Crippen LogP contribution is 2.38. The van der Waals surface area contributed by atoms with E-state index in [-0.39, 0.29) is 12.5 Å². The Morgan fingerprint density at radius 2 is 2.00 bits per heavy atom. The second kappa shape index (κ2) is 7.60. The van der Waals surface area contributed by atoms with Crippen LogP contribution in [0.5, 0.6) is 0 Å². The molecular weight excluding hydrogens is 328 g/mol. The van der Waals surface area contributed by atoms with Gasteiger partial charge in [-0.3, -0.25) is 4.79 Å². The number of nitrogens with one attached hydrogen (secondary N) is 1. The molecule has 0 spiro atoms. The second-order valence-electron chi connectivity index (χ2n) is 6.79. The molecule has 5 nitrogen and oxygen atoms in total. The molecule has 3 rings (SSSR count). The lowest BCUT2D eigenvalue weighted by Gasteiger charge is -2.07. The van der Waals surface area contributed by atoms with Crippen molar-refractivity contribution in [1.29, 1.82) is 0 Å². The highest BCUT2D eigenvalue weighted by molar-refractivity contribution is 5.94. The zero-order chi connectivity index (χ0) is 18.7. The summed E-state index contributed by atoms with van der Waals surface area (Å²) in [5.74, 6) is -0.884. The molecule has 0 aliphatic heterocycles. The number of amides is 1. The summed E-state index contributed by atoms with van der Waals surface area (Å²) in [6.07, 6.45) is 5.57. The number of rotatable bonds is 6. The van der Waals surface area contributed by atoms with Crippen molar-refractivity contribution in [2.45, 2.75) is 39.7 Å². The Morgan fingerprint density at radius 3 is 2.69 bits per heavy atom. The van der Waals surface area contributed by atoms with E-state index in [0.717, 1.165) is 16.8 Å². The minimum atomic E-state index is -0.527. The Kier molecular flexibility index (Phi) is 5.26. The van der Waals surface area contributed by atoms with Gasteiger partial charge in [-0.15, -0.1) is 0 Å². The summed E-state index contributed by atoms with van der Waals surface area (Å²) in [7, 11) is 0. The van der Waals surface area contributed by atoms with Crippen LogP contribution in [0.15, 0.2) is 36.4 Å². The molecule has 0 radical (unpaired) electrons. The molecule has 1 aromatic carbocycles. The van der Waals surface area contributed by atoms with Crippen LogP contribution < -0.4 is 5.32 Å². The SMILES string of the molecule is Cc1cccc(NC(=O)COC(=O)/C=C/c2cc(C)n(C3CC3)c2C)c1. The van der Waals surface area contributed by atoms with Crippen LogP contribution in [0.2, 0.25) is 0 Å². The molecule has 0 unspecified atom stereocenters. The number of hydrogen-bond acceptors (Lipinski definition) is 3. The predicted molar refractivity (Wildman–Crippen MR) is 102 cm³/mol. The van der Waals surface area contributed by atoms with Gasteiger partial charge in [0.25, 0.3) is 5.91 Å². The van der Waals surface area contributed by atoms with E-state index in [1.165, 1.54) is 24.6 Å². The molecule has 1 amide bonds. The van der Waals surface area contributed by atoms with Crippen LogP contribution in [0.4, 0.5) is 5.69 Å². The van der Waals surface area contributed by atoms with Crippen LogP contribution in [0, 0.1) is 20.8 Å². The van der Waals surface area contributed by atoms with E-state index in [0.29, 0.717) is 11.7 Å². The third-order valence-electron chi connectivity index (χ3n) is 4.48. The van der Waals surface area contributed by atoms with E-state index >= 15 is 0 Å². The maximum absolute atomic E-state index is 11.9. The molecule has 136 valence electrons.